The topological polar surface area (TPSA) is 30.7 Å². The van der Waals surface area contributed by atoms with E-state index >= 15 is 0 Å². The Kier molecular flexibility index (Phi) is 7.71. The van der Waals surface area contributed by atoms with Gasteiger partial charge in [-0.2, -0.15) is 0 Å². The molecule has 0 N–H and O–H groups in total. The summed E-state index contributed by atoms with van der Waals surface area (Å²) in [4.78, 5) is 0. The lowest BCUT2D eigenvalue weighted by atomic mass is 10.1. The standard InChI is InChI=1S/C19H29N3/c1-2-3-4-5-6-7-8-9-13-16-22-17-19(20-21-22)18-14-11-10-12-15-18/h10-12,14-15,17H,2-9,13,16H2,1H3. The van der Waals surface area contributed by atoms with E-state index in [1.54, 1.807) is 0 Å². The molecule has 1 heterocycles. The largest absolute Gasteiger partial charge is 0.252 e. The molecule has 0 unspecified atom stereocenters. The Balaban J connectivity index is 1.57. The highest BCUT2D eigenvalue weighted by atomic mass is 15.4. The maximum atomic E-state index is 4.26. The number of benzene rings is 1. The van der Waals surface area contributed by atoms with Crippen LogP contribution in [0.5, 0.6) is 0 Å². The monoisotopic (exact) mass is 299 g/mol. The first kappa shape index (κ1) is 16.7. The van der Waals surface area contributed by atoms with Crippen molar-refractivity contribution >= 4 is 0 Å². The van der Waals surface area contributed by atoms with Gasteiger partial charge in [0.15, 0.2) is 0 Å². The highest BCUT2D eigenvalue weighted by molar-refractivity contribution is 5.56. The van der Waals surface area contributed by atoms with Gasteiger partial charge in [0.05, 0.1) is 6.20 Å². The number of hydrogen-bond donors (Lipinski definition) is 0. The minimum absolute atomic E-state index is 0.969. The van der Waals surface area contributed by atoms with Gasteiger partial charge in [-0.25, -0.2) is 0 Å². The van der Waals surface area contributed by atoms with Crippen LogP contribution in [-0.4, -0.2) is 15.0 Å². The number of aromatic nitrogens is 3. The zero-order chi connectivity index (χ0) is 15.5. The van der Waals surface area contributed by atoms with Gasteiger partial charge in [0, 0.05) is 12.1 Å². The third kappa shape index (κ3) is 6.00. The fourth-order valence-electron chi connectivity index (χ4n) is 2.73. The van der Waals surface area contributed by atoms with Gasteiger partial charge in [-0.05, 0) is 6.42 Å². The molecule has 0 bridgehead atoms. The number of rotatable bonds is 11. The van der Waals surface area contributed by atoms with Crippen molar-refractivity contribution in [2.75, 3.05) is 0 Å². The fraction of sp³-hybridized carbons (Fsp3) is 0.579. The van der Waals surface area contributed by atoms with Crippen molar-refractivity contribution < 1.29 is 0 Å². The van der Waals surface area contributed by atoms with Gasteiger partial charge in [0.25, 0.3) is 0 Å². The van der Waals surface area contributed by atoms with Gasteiger partial charge in [0.1, 0.15) is 5.69 Å². The number of aryl methyl sites for hydroxylation is 1. The van der Waals surface area contributed by atoms with Gasteiger partial charge in [-0.3, -0.25) is 4.68 Å². The summed E-state index contributed by atoms with van der Waals surface area (Å²) in [5.41, 5.74) is 2.11. The molecule has 3 heteroatoms. The Hall–Kier alpha value is -1.64. The second-order valence-electron chi connectivity index (χ2n) is 6.06. The summed E-state index contributed by atoms with van der Waals surface area (Å²) < 4.78 is 1.98. The van der Waals surface area contributed by atoms with Crippen LogP contribution in [0, 0.1) is 0 Å². The maximum Gasteiger partial charge on any atom is 0.113 e. The predicted molar refractivity (Wildman–Crippen MR) is 92.7 cm³/mol. The van der Waals surface area contributed by atoms with Crippen LogP contribution in [0.25, 0.3) is 11.3 Å². The molecule has 0 spiro atoms. The average Bonchev–Trinajstić information content (AvgIpc) is 3.03. The fourth-order valence-corrected chi connectivity index (χ4v) is 2.73. The molecule has 0 amide bonds. The van der Waals surface area contributed by atoms with Crippen LogP contribution in [-0.2, 0) is 6.54 Å². The summed E-state index contributed by atoms with van der Waals surface area (Å²) in [6, 6.07) is 10.2. The Morgan fingerprint density at radius 3 is 2.14 bits per heavy atom. The van der Waals surface area contributed by atoms with E-state index in [-0.39, 0.29) is 0 Å². The van der Waals surface area contributed by atoms with E-state index in [0.717, 1.165) is 17.8 Å². The lowest BCUT2D eigenvalue weighted by Crippen LogP contribution is -1.98. The quantitative estimate of drug-likeness (QED) is 0.515. The molecule has 0 aliphatic heterocycles. The molecule has 2 rings (SSSR count). The SMILES string of the molecule is CCCCCCCCCCCn1cc(-c2ccccc2)nn1. The number of hydrogen-bond acceptors (Lipinski definition) is 2. The number of unbranched alkanes of at least 4 members (excludes halogenated alkanes) is 8. The average molecular weight is 299 g/mol. The van der Waals surface area contributed by atoms with E-state index in [0.29, 0.717) is 0 Å². The summed E-state index contributed by atoms with van der Waals surface area (Å²) in [5, 5.41) is 8.48. The highest BCUT2D eigenvalue weighted by Crippen LogP contribution is 2.15. The molecule has 0 atom stereocenters. The smallest absolute Gasteiger partial charge is 0.113 e. The lowest BCUT2D eigenvalue weighted by Gasteiger charge is -2.02. The van der Waals surface area contributed by atoms with Crippen LogP contribution in [0.2, 0.25) is 0 Å². The summed E-state index contributed by atoms with van der Waals surface area (Å²) in [7, 11) is 0. The molecule has 1 aromatic heterocycles. The van der Waals surface area contributed by atoms with Crippen molar-refractivity contribution in [3.63, 3.8) is 0 Å². The van der Waals surface area contributed by atoms with E-state index in [1.807, 2.05) is 22.9 Å². The molecule has 0 fully saturated rings. The predicted octanol–water partition coefficient (Wildman–Crippen LogP) is 5.48. The summed E-state index contributed by atoms with van der Waals surface area (Å²) in [5.74, 6) is 0. The molecule has 1 aromatic carbocycles. The van der Waals surface area contributed by atoms with Crippen LogP contribution in [0.4, 0.5) is 0 Å². The molecular formula is C19H29N3. The van der Waals surface area contributed by atoms with Crippen LogP contribution in [0.15, 0.2) is 36.5 Å². The maximum absolute atomic E-state index is 4.26. The Morgan fingerprint density at radius 1 is 0.818 bits per heavy atom. The third-order valence-electron chi connectivity index (χ3n) is 4.10. The minimum atomic E-state index is 0.969. The first-order valence-electron chi connectivity index (χ1n) is 8.85. The molecule has 0 radical (unpaired) electrons. The molecule has 22 heavy (non-hydrogen) atoms. The minimum Gasteiger partial charge on any atom is -0.252 e. The zero-order valence-electron chi connectivity index (χ0n) is 13.9. The van der Waals surface area contributed by atoms with Crippen molar-refractivity contribution in [1.29, 1.82) is 0 Å². The van der Waals surface area contributed by atoms with Crippen molar-refractivity contribution in [2.45, 2.75) is 71.3 Å². The molecule has 3 nitrogen and oxygen atoms in total. The second kappa shape index (κ2) is 10.1. The molecular weight excluding hydrogens is 270 g/mol. The number of nitrogens with zero attached hydrogens (tertiary/aromatic N) is 3. The van der Waals surface area contributed by atoms with E-state index in [9.17, 15) is 0 Å². The normalized spacial score (nSPS) is 11.0. The molecule has 0 saturated carbocycles. The van der Waals surface area contributed by atoms with E-state index in [4.69, 9.17) is 0 Å². The third-order valence-corrected chi connectivity index (χ3v) is 4.10. The van der Waals surface area contributed by atoms with Crippen LogP contribution in [0.3, 0.4) is 0 Å². The van der Waals surface area contributed by atoms with Gasteiger partial charge in [-0.15, -0.1) is 5.10 Å². The summed E-state index contributed by atoms with van der Waals surface area (Å²) in [6.07, 6.45) is 14.3. The first-order valence-corrected chi connectivity index (χ1v) is 8.85. The van der Waals surface area contributed by atoms with Crippen molar-refractivity contribution in [2.24, 2.45) is 0 Å². The van der Waals surface area contributed by atoms with Crippen LogP contribution < -0.4 is 0 Å². The van der Waals surface area contributed by atoms with Crippen LogP contribution in [0.1, 0.15) is 64.7 Å². The van der Waals surface area contributed by atoms with Crippen LogP contribution >= 0.6 is 0 Å². The van der Waals surface area contributed by atoms with E-state index in [2.05, 4.69) is 35.6 Å². The Labute approximate surface area is 134 Å². The summed E-state index contributed by atoms with van der Waals surface area (Å²) in [6.45, 7) is 3.25. The summed E-state index contributed by atoms with van der Waals surface area (Å²) >= 11 is 0. The van der Waals surface area contributed by atoms with E-state index < -0.39 is 0 Å². The van der Waals surface area contributed by atoms with Gasteiger partial charge >= 0.3 is 0 Å². The van der Waals surface area contributed by atoms with E-state index in [1.165, 1.54) is 57.8 Å². The molecule has 120 valence electrons. The Bertz CT molecular complexity index is 504. The van der Waals surface area contributed by atoms with Crippen molar-refractivity contribution in [1.82, 2.24) is 15.0 Å². The Morgan fingerprint density at radius 2 is 1.45 bits per heavy atom. The zero-order valence-corrected chi connectivity index (χ0v) is 13.9. The second-order valence-corrected chi connectivity index (χ2v) is 6.06. The molecule has 2 aromatic rings. The van der Waals surface area contributed by atoms with Gasteiger partial charge in [-0.1, -0.05) is 93.8 Å². The van der Waals surface area contributed by atoms with Gasteiger partial charge in [0.2, 0.25) is 0 Å². The van der Waals surface area contributed by atoms with Crippen molar-refractivity contribution in [3.8, 4) is 11.3 Å². The lowest BCUT2D eigenvalue weighted by molar-refractivity contribution is 0.509. The molecule has 0 saturated heterocycles. The first-order chi connectivity index (χ1) is 10.9. The van der Waals surface area contributed by atoms with Gasteiger partial charge < -0.3 is 0 Å². The molecule has 0 aliphatic rings. The van der Waals surface area contributed by atoms with Crippen molar-refractivity contribution in [3.05, 3.63) is 36.5 Å². The molecule has 0 aliphatic carbocycles. The highest BCUT2D eigenvalue weighted by Gasteiger charge is 2.02.